The molecule has 0 aromatic carbocycles. The van der Waals surface area contributed by atoms with Crippen molar-refractivity contribution >= 4 is 28.8 Å². The number of aromatic nitrogens is 8. The molecule has 10 heteroatoms. The van der Waals surface area contributed by atoms with Crippen molar-refractivity contribution < 1.29 is 0 Å². The van der Waals surface area contributed by atoms with E-state index in [4.69, 9.17) is 0 Å². The maximum absolute atomic E-state index is 4.61. The fourth-order valence-electron chi connectivity index (χ4n) is 3.03. The second-order valence-electron chi connectivity index (χ2n) is 6.53. The van der Waals surface area contributed by atoms with Crippen molar-refractivity contribution in [3.63, 3.8) is 0 Å². The van der Waals surface area contributed by atoms with Crippen LogP contribution in [0.4, 0.5) is 11.8 Å². The Morgan fingerprint density at radius 3 is 2.83 bits per heavy atom. The minimum atomic E-state index is 0.507. The molecule has 29 heavy (non-hydrogen) atoms. The lowest BCUT2D eigenvalue weighted by Gasteiger charge is -2.07. The van der Waals surface area contributed by atoms with Gasteiger partial charge in [0.1, 0.15) is 16.6 Å². The number of hydrogen-bond donors (Lipinski definition) is 1. The molecule has 5 aromatic rings. The monoisotopic (exact) mass is 403 g/mol. The van der Waals surface area contributed by atoms with Gasteiger partial charge in [0.15, 0.2) is 5.65 Å². The average molecular weight is 403 g/mol. The van der Waals surface area contributed by atoms with Crippen LogP contribution >= 0.6 is 11.3 Å². The van der Waals surface area contributed by atoms with E-state index in [9.17, 15) is 0 Å². The van der Waals surface area contributed by atoms with Gasteiger partial charge in [0.25, 0.3) is 0 Å². The molecule has 5 aromatic heterocycles. The average Bonchev–Trinajstić information content (AvgIpc) is 3.44. The van der Waals surface area contributed by atoms with Crippen molar-refractivity contribution in [1.82, 2.24) is 39.3 Å². The van der Waals surface area contributed by atoms with Gasteiger partial charge < -0.3 is 5.32 Å². The molecule has 0 aliphatic heterocycles. The molecule has 0 aliphatic carbocycles. The van der Waals surface area contributed by atoms with Crippen LogP contribution in [0.25, 0.3) is 16.9 Å². The first-order valence-corrected chi connectivity index (χ1v) is 9.81. The Kier molecular flexibility index (Phi) is 4.24. The van der Waals surface area contributed by atoms with Gasteiger partial charge in [0.05, 0.1) is 18.3 Å². The summed E-state index contributed by atoms with van der Waals surface area (Å²) in [5, 5.41) is 17.0. The molecule has 5 heterocycles. The number of nitrogens with one attached hydrogen (secondary N) is 1. The number of hydrogen-bond acceptors (Lipinski definition) is 8. The predicted octanol–water partition coefficient (Wildman–Crippen LogP) is 3.02. The summed E-state index contributed by atoms with van der Waals surface area (Å²) in [5.74, 6) is 2.19. The van der Waals surface area contributed by atoms with Gasteiger partial charge in [-0.25, -0.2) is 15.0 Å². The largest absolute Gasteiger partial charge is 0.309 e. The minimum Gasteiger partial charge on any atom is -0.309 e. The van der Waals surface area contributed by atoms with Crippen molar-refractivity contribution in [2.24, 2.45) is 7.05 Å². The van der Waals surface area contributed by atoms with Crippen molar-refractivity contribution in [3.05, 3.63) is 64.8 Å². The van der Waals surface area contributed by atoms with Crippen LogP contribution in [0.15, 0.2) is 49.1 Å². The first-order valence-electron chi connectivity index (χ1n) is 8.99. The summed E-state index contributed by atoms with van der Waals surface area (Å²) in [6.07, 6.45) is 7.96. The second kappa shape index (κ2) is 7.06. The zero-order valence-corrected chi connectivity index (χ0v) is 16.6. The Balaban J connectivity index is 1.43. The third-order valence-corrected chi connectivity index (χ3v) is 5.38. The van der Waals surface area contributed by atoms with Crippen molar-refractivity contribution in [3.8, 4) is 11.3 Å². The quantitative estimate of drug-likeness (QED) is 0.481. The van der Waals surface area contributed by atoms with Crippen LogP contribution in [0, 0.1) is 6.92 Å². The lowest BCUT2D eigenvalue weighted by molar-refractivity contribution is 0.775. The molecule has 0 bridgehead atoms. The number of fused-ring (bicyclic) bond motifs is 1. The first kappa shape index (κ1) is 17.4. The number of aryl methyl sites for hydroxylation is 2. The smallest absolute Gasteiger partial charge is 0.228 e. The zero-order valence-electron chi connectivity index (χ0n) is 15.8. The van der Waals surface area contributed by atoms with Crippen LogP contribution in [0.2, 0.25) is 0 Å². The van der Waals surface area contributed by atoms with Crippen LogP contribution in [0.3, 0.4) is 0 Å². The molecule has 0 spiro atoms. The lowest BCUT2D eigenvalue weighted by atomic mass is 10.2. The van der Waals surface area contributed by atoms with Crippen LogP contribution in [0.1, 0.15) is 15.7 Å². The summed E-state index contributed by atoms with van der Waals surface area (Å²) < 4.78 is 3.71. The third kappa shape index (κ3) is 3.45. The van der Waals surface area contributed by atoms with E-state index in [1.165, 1.54) is 4.88 Å². The second-order valence-corrected chi connectivity index (χ2v) is 7.85. The van der Waals surface area contributed by atoms with E-state index in [0.29, 0.717) is 12.4 Å². The number of rotatable bonds is 5. The van der Waals surface area contributed by atoms with Gasteiger partial charge in [-0.1, -0.05) is 0 Å². The van der Waals surface area contributed by atoms with Gasteiger partial charge in [0.2, 0.25) is 5.95 Å². The predicted molar refractivity (Wildman–Crippen MR) is 110 cm³/mol. The fraction of sp³-hybridized carbons (Fsp3) is 0.158. The van der Waals surface area contributed by atoms with E-state index < -0.39 is 0 Å². The summed E-state index contributed by atoms with van der Waals surface area (Å²) in [4.78, 5) is 14.5. The molecule has 0 saturated heterocycles. The molecular formula is C19H17N9S. The molecule has 0 saturated carbocycles. The Labute approximate surface area is 170 Å². The molecule has 0 amide bonds. The van der Waals surface area contributed by atoms with E-state index in [1.54, 1.807) is 28.4 Å². The highest BCUT2D eigenvalue weighted by molar-refractivity contribution is 7.11. The maximum Gasteiger partial charge on any atom is 0.228 e. The SMILES string of the molecule is Cc1cnc(Cc2nnc3cc(-c4ccnc(Nc5ccnn5C)n4)ccn23)s1. The van der Waals surface area contributed by atoms with E-state index in [-0.39, 0.29) is 0 Å². The van der Waals surface area contributed by atoms with E-state index >= 15 is 0 Å². The van der Waals surface area contributed by atoms with Crippen LogP contribution in [-0.4, -0.2) is 39.3 Å². The molecule has 144 valence electrons. The number of nitrogens with zero attached hydrogens (tertiary/aromatic N) is 8. The topological polar surface area (TPSA) is 98.7 Å². The summed E-state index contributed by atoms with van der Waals surface area (Å²) in [7, 11) is 1.86. The molecule has 0 fully saturated rings. The summed E-state index contributed by atoms with van der Waals surface area (Å²) >= 11 is 1.68. The van der Waals surface area contributed by atoms with Crippen LogP contribution < -0.4 is 5.32 Å². The van der Waals surface area contributed by atoms with Crippen molar-refractivity contribution in [1.29, 1.82) is 0 Å². The summed E-state index contributed by atoms with van der Waals surface area (Å²) in [6, 6.07) is 7.71. The Morgan fingerprint density at radius 1 is 1.10 bits per heavy atom. The van der Waals surface area contributed by atoms with E-state index in [2.05, 4.69) is 42.5 Å². The van der Waals surface area contributed by atoms with Gasteiger partial charge in [0, 0.05) is 42.1 Å². The first-order chi connectivity index (χ1) is 14.2. The third-order valence-electron chi connectivity index (χ3n) is 4.47. The maximum atomic E-state index is 4.61. The van der Waals surface area contributed by atoms with Gasteiger partial charge in [-0.2, -0.15) is 5.10 Å². The number of anilines is 2. The van der Waals surface area contributed by atoms with E-state index in [1.807, 2.05) is 48.1 Å². The fourth-order valence-corrected chi connectivity index (χ4v) is 3.81. The van der Waals surface area contributed by atoms with Crippen molar-refractivity contribution in [2.75, 3.05) is 5.32 Å². The Bertz CT molecular complexity index is 1300. The summed E-state index contributed by atoms with van der Waals surface area (Å²) in [6.45, 7) is 2.05. The highest BCUT2D eigenvalue weighted by Gasteiger charge is 2.11. The van der Waals surface area contributed by atoms with Gasteiger partial charge in [-0.15, -0.1) is 21.5 Å². The Morgan fingerprint density at radius 2 is 2.03 bits per heavy atom. The van der Waals surface area contributed by atoms with E-state index in [0.717, 1.165) is 33.6 Å². The molecule has 9 nitrogen and oxygen atoms in total. The van der Waals surface area contributed by atoms with Gasteiger partial charge >= 0.3 is 0 Å². The number of pyridine rings is 1. The van der Waals surface area contributed by atoms with Crippen molar-refractivity contribution in [2.45, 2.75) is 13.3 Å². The molecule has 0 radical (unpaired) electrons. The zero-order chi connectivity index (χ0) is 19.8. The minimum absolute atomic E-state index is 0.507. The van der Waals surface area contributed by atoms with Crippen LogP contribution in [-0.2, 0) is 13.5 Å². The standard InChI is InChI=1S/C19H17N9S/c1-12-11-21-18(29-12)10-17-26-25-16-9-13(5-8-28(16)17)14-3-6-20-19(23-14)24-15-4-7-22-27(15)2/h3-9,11H,10H2,1-2H3,(H,20,23,24). The van der Waals surface area contributed by atoms with Crippen LogP contribution in [0.5, 0.6) is 0 Å². The van der Waals surface area contributed by atoms with Gasteiger partial charge in [-0.3, -0.25) is 9.08 Å². The molecule has 1 N–H and O–H groups in total. The molecule has 0 atom stereocenters. The highest BCUT2D eigenvalue weighted by atomic mass is 32.1. The summed E-state index contributed by atoms with van der Waals surface area (Å²) in [5.41, 5.74) is 2.51. The molecule has 5 rings (SSSR count). The number of thiazole rings is 1. The lowest BCUT2D eigenvalue weighted by Crippen LogP contribution is -2.03. The van der Waals surface area contributed by atoms with Gasteiger partial charge in [-0.05, 0) is 25.1 Å². The highest BCUT2D eigenvalue weighted by Crippen LogP contribution is 2.22. The molecule has 0 unspecified atom stereocenters. The molecule has 0 aliphatic rings. The Hall–Kier alpha value is -3.66. The molecular weight excluding hydrogens is 386 g/mol. The normalized spacial score (nSPS) is 11.2.